The molecule has 0 aliphatic carbocycles. The zero-order chi connectivity index (χ0) is 19.3. The molecule has 6 heteroatoms. The van der Waals surface area contributed by atoms with Gasteiger partial charge in [0.15, 0.2) is 0 Å². The van der Waals surface area contributed by atoms with E-state index in [0.29, 0.717) is 23.6 Å². The van der Waals surface area contributed by atoms with E-state index in [1.807, 2.05) is 59.6 Å². The first-order valence-electron chi connectivity index (χ1n) is 9.65. The summed E-state index contributed by atoms with van der Waals surface area (Å²) in [6.45, 7) is 5.81. The molecule has 0 spiro atoms. The predicted octanol–water partition coefficient (Wildman–Crippen LogP) is 3.39. The Balaban J connectivity index is 1.48. The Morgan fingerprint density at radius 2 is 1.86 bits per heavy atom. The van der Waals surface area contributed by atoms with Crippen molar-refractivity contribution in [2.24, 2.45) is 0 Å². The first-order chi connectivity index (χ1) is 13.7. The summed E-state index contributed by atoms with van der Waals surface area (Å²) >= 11 is 0. The minimum Gasteiger partial charge on any atom is -0.360 e. The maximum Gasteiger partial charge on any atom is 0.259 e. The summed E-state index contributed by atoms with van der Waals surface area (Å²) in [4.78, 5) is 22.0. The molecule has 28 heavy (non-hydrogen) atoms. The molecule has 0 saturated carbocycles. The highest BCUT2D eigenvalue weighted by Gasteiger charge is 2.27. The second-order valence-electron chi connectivity index (χ2n) is 7.07. The van der Waals surface area contributed by atoms with Crippen molar-refractivity contribution >= 4 is 5.91 Å². The topological polar surface area (TPSA) is 62.5 Å². The van der Waals surface area contributed by atoms with Crippen molar-refractivity contribution in [3.63, 3.8) is 0 Å². The number of carbonyl (C=O) groups excluding carboxylic acids is 1. The molecule has 2 aromatic heterocycles. The van der Waals surface area contributed by atoms with E-state index < -0.39 is 0 Å². The lowest BCUT2D eigenvalue weighted by atomic mass is 10.1. The molecular formula is C22H24N4O2. The van der Waals surface area contributed by atoms with Crippen LogP contribution in [0.2, 0.25) is 0 Å². The van der Waals surface area contributed by atoms with Crippen LogP contribution in [0.3, 0.4) is 0 Å². The molecule has 6 nitrogen and oxygen atoms in total. The van der Waals surface area contributed by atoms with Crippen molar-refractivity contribution in [1.82, 2.24) is 19.9 Å². The van der Waals surface area contributed by atoms with Gasteiger partial charge in [-0.2, -0.15) is 0 Å². The third kappa shape index (κ3) is 3.97. The number of amides is 1. The van der Waals surface area contributed by atoms with Crippen molar-refractivity contribution < 1.29 is 9.32 Å². The zero-order valence-electron chi connectivity index (χ0n) is 16.0. The first-order valence-corrected chi connectivity index (χ1v) is 9.65. The Morgan fingerprint density at radius 1 is 1.04 bits per heavy atom. The molecule has 3 heterocycles. The Bertz CT molecular complexity index is 924. The summed E-state index contributed by atoms with van der Waals surface area (Å²) in [5.41, 5.74) is 3.15. The molecule has 1 aliphatic heterocycles. The lowest BCUT2D eigenvalue weighted by Gasteiger charge is -2.22. The number of nitrogens with zero attached hydrogens (tertiary/aromatic N) is 4. The van der Waals surface area contributed by atoms with Gasteiger partial charge >= 0.3 is 0 Å². The highest BCUT2D eigenvalue weighted by molar-refractivity contribution is 6.00. The lowest BCUT2D eigenvalue weighted by Crippen LogP contribution is -2.35. The number of aromatic nitrogens is 2. The van der Waals surface area contributed by atoms with Crippen molar-refractivity contribution in [2.45, 2.75) is 19.9 Å². The van der Waals surface area contributed by atoms with Crippen LogP contribution in [0, 0.1) is 6.92 Å². The number of pyridine rings is 1. The molecule has 0 N–H and O–H groups in total. The minimum absolute atomic E-state index is 0.00251. The maximum absolute atomic E-state index is 13.3. The second-order valence-corrected chi connectivity index (χ2v) is 7.07. The molecular weight excluding hydrogens is 352 g/mol. The molecule has 0 bridgehead atoms. The number of benzene rings is 1. The van der Waals surface area contributed by atoms with Gasteiger partial charge in [-0.3, -0.25) is 14.7 Å². The van der Waals surface area contributed by atoms with E-state index in [0.717, 1.165) is 43.9 Å². The molecule has 3 aromatic rings. The fourth-order valence-corrected chi connectivity index (χ4v) is 3.63. The van der Waals surface area contributed by atoms with Gasteiger partial charge in [-0.15, -0.1) is 0 Å². The van der Waals surface area contributed by atoms with Gasteiger partial charge in [0, 0.05) is 44.5 Å². The van der Waals surface area contributed by atoms with E-state index in [1.54, 1.807) is 6.92 Å². The van der Waals surface area contributed by atoms with Crippen molar-refractivity contribution in [1.29, 1.82) is 0 Å². The van der Waals surface area contributed by atoms with E-state index in [2.05, 4.69) is 15.0 Å². The van der Waals surface area contributed by atoms with Gasteiger partial charge in [0.05, 0.1) is 5.69 Å². The molecule has 1 aromatic carbocycles. The number of rotatable bonds is 4. The van der Waals surface area contributed by atoms with Gasteiger partial charge in [-0.25, -0.2) is 0 Å². The van der Waals surface area contributed by atoms with E-state index >= 15 is 0 Å². The van der Waals surface area contributed by atoms with E-state index in [1.165, 1.54) is 0 Å². The zero-order valence-corrected chi connectivity index (χ0v) is 16.0. The van der Waals surface area contributed by atoms with Crippen LogP contribution in [0.15, 0.2) is 59.3 Å². The summed E-state index contributed by atoms with van der Waals surface area (Å²) in [5.74, 6) is 0.565. The largest absolute Gasteiger partial charge is 0.360 e. The van der Waals surface area contributed by atoms with Crippen LogP contribution in [0.5, 0.6) is 0 Å². The summed E-state index contributed by atoms with van der Waals surface area (Å²) in [6, 6.07) is 15.7. The normalized spacial score (nSPS) is 15.4. The van der Waals surface area contributed by atoms with Crippen LogP contribution in [0.1, 0.15) is 28.2 Å². The number of aryl methyl sites for hydroxylation is 1. The van der Waals surface area contributed by atoms with Gasteiger partial charge in [0.1, 0.15) is 17.0 Å². The highest BCUT2D eigenvalue weighted by atomic mass is 16.5. The number of carbonyl (C=O) groups is 1. The lowest BCUT2D eigenvalue weighted by molar-refractivity contribution is 0.0760. The monoisotopic (exact) mass is 376 g/mol. The number of hydrogen-bond donors (Lipinski definition) is 0. The van der Waals surface area contributed by atoms with E-state index in [-0.39, 0.29) is 5.91 Å². The molecule has 0 unspecified atom stereocenters. The van der Waals surface area contributed by atoms with Crippen LogP contribution in [0.25, 0.3) is 11.3 Å². The summed E-state index contributed by atoms with van der Waals surface area (Å²) in [5, 5.41) is 4.15. The smallest absolute Gasteiger partial charge is 0.259 e. The fourth-order valence-electron chi connectivity index (χ4n) is 3.63. The standard InChI is InChI=1S/C22H24N4O2/c1-17-20(21(24-28-17)18-8-3-2-4-9-18)22(27)26-13-7-12-25(14-15-26)16-19-10-5-6-11-23-19/h2-6,8-11H,7,12-16H2,1H3. The van der Waals surface area contributed by atoms with Crippen molar-refractivity contribution in [2.75, 3.05) is 26.2 Å². The van der Waals surface area contributed by atoms with Crippen LogP contribution in [0.4, 0.5) is 0 Å². The predicted molar refractivity (Wildman–Crippen MR) is 107 cm³/mol. The first kappa shape index (κ1) is 18.4. The Hall–Kier alpha value is -2.99. The Morgan fingerprint density at radius 3 is 2.64 bits per heavy atom. The molecule has 1 amide bonds. The van der Waals surface area contributed by atoms with Gasteiger partial charge in [0.2, 0.25) is 0 Å². The molecule has 144 valence electrons. The number of hydrogen-bond acceptors (Lipinski definition) is 5. The van der Waals surface area contributed by atoms with Gasteiger partial charge < -0.3 is 9.42 Å². The Labute approximate surface area is 164 Å². The fraction of sp³-hybridized carbons (Fsp3) is 0.318. The SMILES string of the molecule is Cc1onc(-c2ccccc2)c1C(=O)N1CCCN(Cc2ccccn2)CC1. The average Bonchev–Trinajstić information content (AvgIpc) is 2.96. The molecule has 1 saturated heterocycles. The molecule has 0 atom stereocenters. The minimum atomic E-state index is -0.00251. The maximum atomic E-state index is 13.3. The van der Waals surface area contributed by atoms with Gasteiger partial charge in [-0.05, 0) is 25.5 Å². The summed E-state index contributed by atoms with van der Waals surface area (Å²) < 4.78 is 5.38. The molecule has 1 fully saturated rings. The summed E-state index contributed by atoms with van der Waals surface area (Å²) in [7, 11) is 0. The highest BCUT2D eigenvalue weighted by Crippen LogP contribution is 2.26. The average molecular weight is 376 g/mol. The molecule has 4 rings (SSSR count). The third-order valence-corrected chi connectivity index (χ3v) is 5.11. The van der Waals surface area contributed by atoms with Crippen molar-refractivity contribution in [3.8, 4) is 11.3 Å². The Kier molecular flexibility index (Phi) is 5.48. The van der Waals surface area contributed by atoms with Crippen LogP contribution < -0.4 is 0 Å². The molecule has 1 aliphatic rings. The van der Waals surface area contributed by atoms with Crippen LogP contribution in [-0.2, 0) is 6.54 Å². The quantitative estimate of drug-likeness (QED) is 0.698. The van der Waals surface area contributed by atoms with E-state index in [9.17, 15) is 4.79 Å². The van der Waals surface area contributed by atoms with Crippen LogP contribution in [-0.4, -0.2) is 52.0 Å². The molecule has 0 radical (unpaired) electrons. The van der Waals surface area contributed by atoms with Crippen LogP contribution >= 0.6 is 0 Å². The summed E-state index contributed by atoms with van der Waals surface area (Å²) in [6.07, 6.45) is 2.76. The van der Waals surface area contributed by atoms with Gasteiger partial charge in [-0.1, -0.05) is 41.6 Å². The van der Waals surface area contributed by atoms with Crippen molar-refractivity contribution in [3.05, 3.63) is 71.7 Å². The second kappa shape index (κ2) is 8.35. The van der Waals surface area contributed by atoms with E-state index in [4.69, 9.17) is 4.52 Å². The third-order valence-electron chi connectivity index (χ3n) is 5.11. The van der Waals surface area contributed by atoms with Gasteiger partial charge in [0.25, 0.3) is 5.91 Å².